The summed E-state index contributed by atoms with van der Waals surface area (Å²) in [5, 5.41) is 14.2. The fourth-order valence-electron chi connectivity index (χ4n) is 2.88. The van der Waals surface area contributed by atoms with Crippen molar-refractivity contribution in [1.82, 2.24) is 25.3 Å². The first kappa shape index (κ1) is 17.5. The first-order chi connectivity index (χ1) is 13.7. The molecule has 0 radical (unpaired) electrons. The summed E-state index contributed by atoms with van der Waals surface area (Å²) in [7, 11) is 1.61. The van der Waals surface area contributed by atoms with E-state index in [2.05, 4.69) is 20.6 Å². The number of ether oxygens (including phenoxy) is 1. The Kier molecular flexibility index (Phi) is 4.88. The maximum atomic E-state index is 12.5. The molecule has 0 aliphatic heterocycles. The SMILES string of the molecule is COc1cccc(-c2cc(C(=O)NCc3cccc(-n4cccn4)c3)[nH]n2)c1. The maximum Gasteiger partial charge on any atom is 0.269 e. The molecule has 28 heavy (non-hydrogen) atoms. The third-order valence-corrected chi connectivity index (χ3v) is 4.32. The molecule has 0 bridgehead atoms. The second kappa shape index (κ2) is 7.79. The normalized spacial score (nSPS) is 10.6. The lowest BCUT2D eigenvalue weighted by molar-refractivity contribution is 0.0946. The van der Waals surface area contributed by atoms with E-state index >= 15 is 0 Å². The molecule has 7 nitrogen and oxygen atoms in total. The standard InChI is InChI=1S/C21H19N5O2/c1-28-18-8-3-6-16(12-18)19-13-20(25-24-19)21(27)22-14-15-5-2-7-17(11-15)26-10-4-9-23-26/h2-13H,14H2,1H3,(H,22,27)(H,24,25). The Morgan fingerprint density at radius 1 is 1.14 bits per heavy atom. The second-order valence-electron chi connectivity index (χ2n) is 6.20. The summed E-state index contributed by atoms with van der Waals surface area (Å²) in [6.45, 7) is 0.404. The average molecular weight is 373 g/mol. The molecule has 0 aliphatic carbocycles. The van der Waals surface area contributed by atoms with Crippen LogP contribution in [-0.2, 0) is 6.54 Å². The van der Waals surface area contributed by atoms with Gasteiger partial charge in [-0.1, -0.05) is 24.3 Å². The van der Waals surface area contributed by atoms with E-state index in [0.717, 1.165) is 22.6 Å². The Labute approximate surface area is 162 Å². The van der Waals surface area contributed by atoms with Crippen LogP contribution >= 0.6 is 0 Å². The van der Waals surface area contributed by atoms with Crippen LogP contribution in [0.2, 0.25) is 0 Å². The van der Waals surface area contributed by atoms with Crippen molar-refractivity contribution in [3.8, 4) is 22.7 Å². The van der Waals surface area contributed by atoms with Crippen LogP contribution in [0.1, 0.15) is 16.1 Å². The van der Waals surface area contributed by atoms with Gasteiger partial charge in [-0.15, -0.1) is 0 Å². The number of hydrogen-bond donors (Lipinski definition) is 2. The van der Waals surface area contributed by atoms with Gasteiger partial charge >= 0.3 is 0 Å². The van der Waals surface area contributed by atoms with Gasteiger partial charge in [-0.25, -0.2) is 4.68 Å². The monoisotopic (exact) mass is 373 g/mol. The topological polar surface area (TPSA) is 84.8 Å². The number of aromatic amines is 1. The maximum absolute atomic E-state index is 12.5. The van der Waals surface area contributed by atoms with Gasteiger partial charge in [0.1, 0.15) is 11.4 Å². The van der Waals surface area contributed by atoms with Crippen LogP contribution in [0.3, 0.4) is 0 Å². The molecule has 0 spiro atoms. The third kappa shape index (κ3) is 3.78. The minimum Gasteiger partial charge on any atom is -0.497 e. The van der Waals surface area contributed by atoms with Crippen LogP contribution in [0.5, 0.6) is 5.75 Å². The summed E-state index contributed by atoms with van der Waals surface area (Å²) in [4.78, 5) is 12.5. The molecule has 0 saturated heterocycles. The minimum atomic E-state index is -0.217. The van der Waals surface area contributed by atoms with Crippen molar-refractivity contribution >= 4 is 5.91 Å². The zero-order chi connectivity index (χ0) is 19.3. The van der Waals surface area contributed by atoms with Crippen molar-refractivity contribution in [2.75, 3.05) is 7.11 Å². The number of rotatable bonds is 6. The molecule has 2 aromatic heterocycles. The lowest BCUT2D eigenvalue weighted by Crippen LogP contribution is -2.23. The molecule has 0 aliphatic rings. The van der Waals surface area contributed by atoms with E-state index in [0.29, 0.717) is 17.9 Å². The van der Waals surface area contributed by atoms with Gasteiger partial charge in [0.15, 0.2) is 0 Å². The fraction of sp³-hybridized carbons (Fsp3) is 0.0952. The van der Waals surface area contributed by atoms with Gasteiger partial charge in [0.2, 0.25) is 0 Å². The number of amides is 1. The fourth-order valence-corrected chi connectivity index (χ4v) is 2.88. The number of nitrogens with one attached hydrogen (secondary N) is 2. The van der Waals surface area contributed by atoms with E-state index < -0.39 is 0 Å². The van der Waals surface area contributed by atoms with Crippen LogP contribution in [-0.4, -0.2) is 33.0 Å². The molecular formula is C21H19N5O2. The van der Waals surface area contributed by atoms with E-state index in [1.54, 1.807) is 24.1 Å². The summed E-state index contributed by atoms with van der Waals surface area (Å²) >= 11 is 0. The van der Waals surface area contributed by atoms with Gasteiger partial charge in [0, 0.05) is 24.5 Å². The van der Waals surface area contributed by atoms with Crippen LogP contribution < -0.4 is 10.1 Å². The number of nitrogens with zero attached hydrogens (tertiary/aromatic N) is 3. The molecule has 0 unspecified atom stereocenters. The Morgan fingerprint density at radius 2 is 2.04 bits per heavy atom. The van der Waals surface area contributed by atoms with E-state index in [-0.39, 0.29) is 5.91 Å². The number of H-pyrrole nitrogens is 1. The lowest BCUT2D eigenvalue weighted by atomic mass is 10.1. The Morgan fingerprint density at radius 3 is 2.86 bits per heavy atom. The number of methoxy groups -OCH3 is 1. The smallest absolute Gasteiger partial charge is 0.269 e. The van der Waals surface area contributed by atoms with Crippen molar-refractivity contribution < 1.29 is 9.53 Å². The number of hydrogen-bond acceptors (Lipinski definition) is 4. The third-order valence-electron chi connectivity index (χ3n) is 4.32. The zero-order valence-electron chi connectivity index (χ0n) is 15.3. The predicted octanol–water partition coefficient (Wildman–Crippen LogP) is 3.20. The van der Waals surface area contributed by atoms with E-state index in [1.165, 1.54) is 0 Å². The van der Waals surface area contributed by atoms with Gasteiger partial charge in [0.05, 0.1) is 18.5 Å². The molecule has 4 aromatic rings. The van der Waals surface area contributed by atoms with Crippen molar-refractivity contribution in [2.45, 2.75) is 6.54 Å². The molecule has 0 fully saturated rings. The van der Waals surface area contributed by atoms with Gasteiger partial charge in [-0.05, 0) is 42.0 Å². The molecule has 2 heterocycles. The zero-order valence-corrected chi connectivity index (χ0v) is 15.3. The number of aromatic nitrogens is 4. The van der Waals surface area contributed by atoms with Crippen molar-refractivity contribution in [1.29, 1.82) is 0 Å². The highest BCUT2D eigenvalue weighted by Crippen LogP contribution is 2.22. The number of carbonyl (C=O) groups excluding carboxylic acids is 1. The van der Waals surface area contributed by atoms with E-state index in [1.807, 2.05) is 60.8 Å². The molecule has 0 saturated carbocycles. The van der Waals surface area contributed by atoms with E-state index in [4.69, 9.17) is 4.74 Å². The Bertz CT molecular complexity index is 1090. The van der Waals surface area contributed by atoms with Gasteiger partial charge in [-0.3, -0.25) is 9.89 Å². The summed E-state index contributed by atoms with van der Waals surface area (Å²) in [5.41, 5.74) is 3.89. The molecule has 140 valence electrons. The molecule has 1 amide bonds. The lowest BCUT2D eigenvalue weighted by Gasteiger charge is -2.06. The molecule has 2 aromatic carbocycles. The highest BCUT2D eigenvalue weighted by molar-refractivity contribution is 5.93. The summed E-state index contributed by atoms with van der Waals surface area (Å²) in [6, 6.07) is 19.0. The van der Waals surface area contributed by atoms with E-state index in [9.17, 15) is 4.79 Å². The number of carbonyl (C=O) groups is 1. The predicted molar refractivity (Wildman–Crippen MR) is 105 cm³/mol. The second-order valence-corrected chi connectivity index (χ2v) is 6.20. The summed E-state index contributed by atoms with van der Waals surface area (Å²) in [6.07, 6.45) is 3.61. The highest BCUT2D eigenvalue weighted by Gasteiger charge is 2.11. The van der Waals surface area contributed by atoms with Crippen LogP contribution in [0.25, 0.3) is 16.9 Å². The Balaban J connectivity index is 1.43. The van der Waals surface area contributed by atoms with Crippen molar-refractivity contribution in [2.24, 2.45) is 0 Å². The van der Waals surface area contributed by atoms with Crippen LogP contribution in [0.4, 0.5) is 0 Å². The van der Waals surface area contributed by atoms with Crippen LogP contribution in [0, 0.1) is 0 Å². The summed E-state index contributed by atoms with van der Waals surface area (Å²) in [5.74, 6) is 0.523. The first-order valence-corrected chi connectivity index (χ1v) is 8.80. The number of benzene rings is 2. The molecule has 2 N–H and O–H groups in total. The molecule has 4 rings (SSSR count). The van der Waals surface area contributed by atoms with Crippen molar-refractivity contribution in [3.63, 3.8) is 0 Å². The molecular weight excluding hydrogens is 354 g/mol. The van der Waals surface area contributed by atoms with Gasteiger partial charge in [0.25, 0.3) is 5.91 Å². The first-order valence-electron chi connectivity index (χ1n) is 8.80. The molecule has 0 atom stereocenters. The van der Waals surface area contributed by atoms with Gasteiger partial charge in [-0.2, -0.15) is 10.2 Å². The Hall–Kier alpha value is -3.87. The molecule has 7 heteroatoms. The average Bonchev–Trinajstić information content (AvgIpc) is 3.44. The quantitative estimate of drug-likeness (QED) is 0.544. The minimum absolute atomic E-state index is 0.217. The summed E-state index contributed by atoms with van der Waals surface area (Å²) < 4.78 is 7.01. The largest absolute Gasteiger partial charge is 0.497 e. The van der Waals surface area contributed by atoms with Gasteiger partial charge < -0.3 is 10.1 Å². The van der Waals surface area contributed by atoms with Crippen LogP contribution in [0.15, 0.2) is 73.1 Å². The van der Waals surface area contributed by atoms with Crippen molar-refractivity contribution in [3.05, 3.63) is 84.3 Å². The highest BCUT2D eigenvalue weighted by atomic mass is 16.5.